The minimum atomic E-state index is -4.20. The molecule has 0 unspecified atom stereocenters. The number of hydrogen-bond acceptors (Lipinski definition) is 2. The Hall–Kier alpha value is -1.20. The minimum absolute atomic E-state index is 0.215. The summed E-state index contributed by atoms with van der Waals surface area (Å²) in [7, 11) is 1.62. The molecule has 6 heteroatoms. The van der Waals surface area contributed by atoms with Crippen molar-refractivity contribution in [2.45, 2.75) is 6.18 Å². The molecule has 1 N–H and O–H groups in total. The molecule has 68 valence electrons. The van der Waals surface area contributed by atoms with Gasteiger partial charge in [0.05, 0.1) is 0 Å². The molecule has 0 atom stereocenters. The fourth-order valence-electron chi connectivity index (χ4n) is 0.715. The van der Waals surface area contributed by atoms with Crippen molar-refractivity contribution in [2.24, 2.45) is 7.05 Å². The Labute approximate surface area is 67.2 Å². The van der Waals surface area contributed by atoms with Crippen LogP contribution in [0.15, 0.2) is 12.4 Å². The van der Waals surface area contributed by atoms with Gasteiger partial charge in [-0.05, 0) is 0 Å². The van der Waals surface area contributed by atoms with Gasteiger partial charge in [-0.15, -0.1) is 0 Å². The Kier molecular flexibility index (Phi) is 2.25. The van der Waals surface area contributed by atoms with Gasteiger partial charge in [0.2, 0.25) is 5.95 Å². The lowest BCUT2D eigenvalue weighted by Gasteiger charge is -2.08. The normalized spacial score (nSPS) is 11.7. The van der Waals surface area contributed by atoms with Gasteiger partial charge < -0.3 is 9.88 Å². The number of anilines is 1. The summed E-state index contributed by atoms with van der Waals surface area (Å²) in [6.07, 6.45) is -1.20. The highest BCUT2D eigenvalue weighted by atomic mass is 19.4. The van der Waals surface area contributed by atoms with Gasteiger partial charge in [0.1, 0.15) is 6.54 Å². The fourth-order valence-corrected chi connectivity index (χ4v) is 0.715. The molecule has 3 nitrogen and oxygen atoms in total. The number of aryl methyl sites for hydroxylation is 1. The molecule has 0 saturated carbocycles. The van der Waals surface area contributed by atoms with Gasteiger partial charge in [-0.1, -0.05) is 0 Å². The van der Waals surface area contributed by atoms with Gasteiger partial charge in [-0.3, -0.25) is 0 Å². The van der Waals surface area contributed by atoms with E-state index in [1.807, 2.05) is 0 Å². The summed E-state index contributed by atoms with van der Waals surface area (Å²) in [6.45, 7) is -1.06. The van der Waals surface area contributed by atoms with Crippen LogP contribution in [-0.2, 0) is 7.05 Å². The lowest BCUT2D eigenvalue weighted by molar-refractivity contribution is -0.115. The number of aromatic nitrogens is 2. The number of hydrogen-bond donors (Lipinski definition) is 1. The third kappa shape index (κ3) is 2.44. The van der Waals surface area contributed by atoms with E-state index in [0.29, 0.717) is 0 Å². The molecule has 0 fully saturated rings. The molecule has 1 aromatic heterocycles. The summed E-state index contributed by atoms with van der Waals surface area (Å²) < 4.78 is 36.5. The monoisotopic (exact) mass is 179 g/mol. The van der Waals surface area contributed by atoms with Gasteiger partial charge in [-0.25, -0.2) is 4.98 Å². The van der Waals surface area contributed by atoms with Crippen LogP contribution in [0, 0.1) is 0 Å². The number of halogens is 3. The third-order valence-electron chi connectivity index (χ3n) is 1.27. The molecule has 1 aromatic rings. The number of rotatable bonds is 2. The molecule has 0 bridgehead atoms. The molecular weight excluding hydrogens is 171 g/mol. The molecule has 0 aliphatic carbocycles. The summed E-state index contributed by atoms with van der Waals surface area (Å²) in [6, 6.07) is 0. The van der Waals surface area contributed by atoms with E-state index in [4.69, 9.17) is 0 Å². The van der Waals surface area contributed by atoms with Crippen LogP contribution in [0.3, 0.4) is 0 Å². The first-order valence-electron chi connectivity index (χ1n) is 3.27. The maximum atomic E-state index is 11.7. The smallest absolute Gasteiger partial charge is 0.347 e. The van der Waals surface area contributed by atoms with E-state index < -0.39 is 12.7 Å². The highest BCUT2D eigenvalue weighted by Gasteiger charge is 2.27. The van der Waals surface area contributed by atoms with Crippen molar-refractivity contribution in [1.82, 2.24) is 9.55 Å². The lowest BCUT2D eigenvalue weighted by Crippen LogP contribution is -2.22. The predicted molar refractivity (Wildman–Crippen MR) is 37.8 cm³/mol. The molecule has 0 radical (unpaired) electrons. The molecule has 0 aromatic carbocycles. The maximum Gasteiger partial charge on any atom is 0.405 e. The van der Waals surface area contributed by atoms with Crippen molar-refractivity contribution in [3.8, 4) is 0 Å². The third-order valence-corrected chi connectivity index (χ3v) is 1.27. The molecule has 0 spiro atoms. The number of nitrogens with one attached hydrogen (secondary N) is 1. The number of nitrogens with zero attached hydrogens (tertiary/aromatic N) is 2. The van der Waals surface area contributed by atoms with Crippen molar-refractivity contribution in [1.29, 1.82) is 0 Å². The lowest BCUT2D eigenvalue weighted by atomic mass is 10.6. The topological polar surface area (TPSA) is 29.9 Å². The van der Waals surface area contributed by atoms with E-state index in [-0.39, 0.29) is 5.95 Å². The Morgan fingerprint density at radius 2 is 2.25 bits per heavy atom. The van der Waals surface area contributed by atoms with Gasteiger partial charge in [0, 0.05) is 19.4 Å². The van der Waals surface area contributed by atoms with Crippen LogP contribution >= 0.6 is 0 Å². The molecule has 1 rings (SSSR count). The Morgan fingerprint density at radius 1 is 1.58 bits per heavy atom. The number of alkyl halides is 3. The van der Waals surface area contributed by atoms with E-state index in [9.17, 15) is 13.2 Å². The first-order valence-corrected chi connectivity index (χ1v) is 3.27. The summed E-state index contributed by atoms with van der Waals surface area (Å²) >= 11 is 0. The van der Waals surface area contributed by atoms with Crippen LogP contribution in [0.4, 0.5) is 19.1 Å². The summed E-state index contributed by atoms with van der Waals surface area (Å²) in [4.78, 5) is 3.67. The predicted octanol–water partition coefficient (Wildman–Crippen LogP) is 1.39. The first-order chi connectivity index (χ1) is 5.49. The van der Waals surface area contributed by atoms with Crippen LogP contribution in [0.2, 0.25) is 0 Å². The Bertz CT molecular complexity index is 253. The van der Waals surface area contributed by atoms with E-state index in [1.54, 1.807) is 13.2 Å². The molecule has 0 amide bonds. The van der Waals surface area contributed by atoms with Crippen molar-refractivity contribution >= 4 is 5.95 Å². The Balaban J connectivity index is 2.49. The van der Waals surface area contributed by atoms with Gasteiger partial charge in [0.15, 0.2) is 0 Å². The second-order valence-corrected chi connectivity index (χ2v) is 2.33. The van der Waals surface area contributed by atoms with E-state index in [2.05, 4.69) is 10.3 Å². The fraction of sp³-hybridized carbons (Fsp3) is 0.500. The zero-order valence-corrected chi connectivity index (χ0v) is 6.39. The van der Waals surface area contributed by atoms with Crippen molar-refractivity contribution in [3.63, 3.8) is 0 Å². The van der Waals surface area contributed by atoms with E-state index >= 15 is 0 Å². The SMILES string of the molecule is Cn1ccnc1NCC(F)(F)F. The van der Waals surface area contributed by atoms with Crippen LogP contribution < -0.4 is 5.32 Å². The van der Waals surface area contributed by atoms with Crippen LogP contribution in [0.5, 0.6) is 0 Å². The molecule has 0 aliphatic heterocycles. The highest BCUT2D eigenvalue weighted by Crippen LogP contribution is 2.14. The molecule has 1 heterocycles. The summed E-state index contributed by atoms with van der Waals surface area (Å²) in [5, 5.41) is 2.16. The highest BCUT2D eigenvalue weighted by molar-refractivity contribution is 5.25. The van der Waals surface area contributed by atoms with Crippen molar-refractivity contribution in [2.75, 3.05) is 11.9 Å². The molecule has 12 heavy (non-hydrogen) atoms. The average molecular weight is 179 g/mol. The maximum absolute atomic E-state index is 11.7. The van der Waals surface area contributed by atoms with Crippen LogP contribution in [0.25, 0.3) is 0 Å². The van der Waals surface area contributed by atoms with Gasteiger partial charge in [-0.2, -0.15) is 13.2 Å². The van der Waals surface area contributed by atoms with Crippen LogP contribution in [0.1, 0.15) is 0 Å². The largest absolute Gasteiger partial charge is 0.405 e. The average Bonchev–Trinajstić information content (AvgIpc) is 2.29. The second kappa shape index (κ2) is 3.04. The summed E-state index contributed by atoms with van der Waals surface area (Å²) in [5.74, 6) is 0.215. The standard InChI is InChI=1S/C6H8F3N3/c1-12-3-2-10-5(12)11-4-6(7,8)9/h2-3H,4H2,1H3,(H,10,11). The quantitative estimate of drug-likeness (QED) is 0.743. The summed E-state index contributed by atoms with van der Waals surface area (Å²) in [5.41, 5.74) is 0. The second-order valence-electron chi connectivity index (χ2n) is 2.33. The van der Waals surface area contributed by atoms with Crippen LogP contribution in [-0.4, -0.2) is 22.3 Å². The van der Waals surface area contributed by atoms with E-state index in [1.165, 1.54) is 10.8 Å². The molecule has 0 aliphatic rings. The van der Waals surface area contributed by atoms with Crippen molar-refractivity contribution < 1.29 is 13.2 Å². The first kappa shape index (κ1) is 8.89. The van der Waals surface area contributed by atoms with E-state index in [0.717, 1.165) is 0 Å². The number of imidazole rings is 1. The Morgan fingerprint density at radius 3 is 2.67 bits per heavy atom. The van der Waals surface area contributed by atoms with Gasteiger partial charge >= 0.3 is 6.18 Å². The minimum Gasteiger partial charge on any atom is -0.347 e. The molecule has 0 saturated heterocycles. The van der Waals surface area contributed by atoms with Crippen molar-refractivity contribution in [3.05, 3.63) is 12.4 Å². The van der Waals surface area contributed by atoms with Gasteiger partial charge in [0.25, 0.3) is 0 Å². The zero-order valence-electron chi connectivity index (χ0n) is 6.39. The molecular formula is C6H8F3N3. The zero-order chi connectivity index (χ0) is 9.19.